The van der Waals surface area contributed by atoms with Crippen molar-refractivity contribution in [3.05, 3.63) is 82.2 Å². The van der Waals surface area contributed by atoms with Crippen LogP contribution in [0.3, 0.4) is 0 Å². The van der Waals surface area contributed by atoms with E-state index in [1.807, 2.05) is 32.0 Å². The van der Waals surface area contributed by atoms with Gasteiger partial charge in [-0.3, -0.25) is 4.79 Å². The van der Waals surface area contributed by atoms with Crippen LogP contribution in [-0.2, 0) is 29.1 Å². The Morgan fingerprint density at radius 1 is 1.09 bits per heavy atom. The molecule has 0 saturated carbocycles. The highest BCUT2D eigenvalue weighted by molar-refractivity contribution is 5.92. The number of benzene rings is 2. The Bertz CT molecular complexity index is 1100. The van der Waals surface area contributed by atoms with Crippen molar-refractivity contribution in [3.8, 4) is 5.75 Å². The third kappa shape index (κ3) is 4.66. The minimum atomic E-state index is -0.858. The first-order valence-corrected chi connectivity index (χ1v) is 10.6. The van der Waals surface area contributed by atoms with Gasteiger partial charge in [-0.05, 0) is 62.6 Å². The van der Waals surface area contributed by atoms with Crippen molar-refractivity contribution in [1.82, 2.24) is 10.1 Å². The molecule has 3 aromatic rings. The van der Waals surface area contributed by atoms with Gasteiger partial charge in [-0.1, -0.05) is 29.4 Å². The topological polar surface area (TPSA) is 81.9 Å². The molecule has 1 aliphatic heterocycles. The molecule has 166 valence electrons. The van der Waals surface area contributed by atoms with Crippen LogP contribution in [-0.4, -0.2) is 34.6 Å². The summed E-state index contributed by atoms with van der Waals surface area (Å²) < 4.78 is 16.3. The summed E-state index contributed by atoms with van der Waals surface area (Å²) in [6.07, 6.45) is -0.0546. The molecule has 0 N–H and O–H groups in total. The molecule has 32 heavy (non-hydrogen) atoms. The second-order valence-corrected chi connectivity index (χ2v) is 7.94. The molecular formula is C25H26N2O5. The zero-order valence-corrected chi connectivity index (χ0v) is 18.5. The van der Waals surface area contributed by atoms with Crippen molar-refractivity contribution in [2.75, 3.05) is 6.54 Å². The number of esters is 1. The molecule has 0 bridgehead atoms. The van der Waals surface area contributed by atoms with Gasteiger partial charge in [0, 0.05) is 13.1 Å². The fourth-order valence-corrected chi connectivity index (χ4v) is 3.77. The van der Waals surface area contributed by atoms with Crippen LogP contribution < -0.4 is 4.74 Å². The Labute approximate surface area is 186 Å². The summed E-state index contributed by atoms with van der Waals surface area (Å²) in [5, 5.41) is 3.91. The average Bonchev–Trinajstić information content (AvgIpc) is 3.14. The van der Waals surface area contributed by atoms with Crippen LogP contribution in [0.4, 0.5) is 0 Å². The maximum atomic E-state index is 12.8. The van der Waals surface area contributed by atoms with Crippen LogP contribution in [0.5, 0.6) is 5.75 Å². The number of aromatic nitrogens is 1. The SMILES string of the molecule is Cc1noc(C)c1COc1ccc(C(=O)OC(C)C(=O)N2CCc3ccccc3C2)cc1. The average molecular weight is 434 g/mol. The van der Waals surface area contributed by atoms with Gasteiger partial charge >= 0.3 is 5.97 Å². The lowest BCUT2D eigenvalue weighted by Gasteiger charge is -2.30. The highest BCUT2D eigenvalue weighted by Crippen LogP contribution is 2.21. The number of nitrogens with zero attached hydrogens (tertiary/aromatic N) is 2. The monoisotopic (exact) mass is 434 g/mol. The van der Waals surface area contributed by atoms with Crippen molar-refractivity contribution in [2.45, 2.75) is 46.4 Å². The molecule has 0 radical (unpaired) electrons. The molecule has 1 unspecified atom stereocenters. The van der Waals surface area contributed by atoms with Gasteiger partial charge in [-0.25, -0.2) is 4.79 Å². The second kappa shape index (κ2) is 9.26. The number of rotatable bonds is 6. The zero-order valence-electron chi connectivity index (χ0n) is 18.5. The molecule has 4 rings (SSSR count). The van der Waals surface area contributed by atoms with Crippen LogP contribution in [0.2, 0.25) is 0 Å². The number of carbonyl (C=O) groups is 2. The quantitative estimate of drug-likeness (QED) is 0.546. The summed E-state index contributed by atoms with van der Waals surface area (Å²) in [7, 11) is 0. The normalized spacial score (nSPS) is 13.9. The highest BCUT2D eigenvalue weighted by Gasteiger charge is 2.27. The van der Waals surface area contributed by atoms with Gasteiger partial charge in [-0.2, -0.15) is 0 Å². The van der Waals surface area contributed by atoms with Crippen molar-refractivity contribution in [3.63, 3.8) is 0 Å². The van der Waals surface area contributed by atoms with Gasteiger partial charge in [0.25, 0.3) is 5.91 Å². The summed E-state index contributed by atoms with van der Waals surface area (Å²) in [5.41, 5.74) is 4.45. The maximum Gasteiger partial charge on any atom is 0.338 e. The Morgan fingerprint density at radius 3 is 2.50 bits per heavy atom. The van der Waals surface area contributed by atoms with E-state index < -0.39 is 12.1 Å². The van der Waals surface area contributed by atoms with Crippen molar-refractivity contribution in [2.24, 2.45) is 0 Å². The van der Waals surface area contributed by atoms with E-state index in [1.54, 1.807) is 36.1 Å². The first-order chi connectivity index (χ1) is 15.4. The number of aryl methyl sites for hydroxylation is 2. The molecule has 7 heteroatoms. The minimum Gasteiger partial charge on any atom is -0.489 e. The van der Waals surface area contributed by atoms with E-state index in [-0.39, 0.29) is 5.91 Å². The molecule has 0 saturated heterocycles. The van der Waals surface area contributed by atoms with Gasteiger partial charge in [0.1, 0.15) is 18.1 Å². The lowest BCUT2D eigenvalue weighted by Crippen LogP contribution is -2.42. The largest absolute Gasteiger partial charge is 0.489 e. The molecule has 1 aliphatic rings. The van der Waals surface area contributed by atoms with E-state index in [4.69, 9.17) is 14.0 Å². The molecular weight excluding hydrogens is 408 g/mol. The summed E-state index contributed by atoms with van der Waals surface area (Å²) in [6.45, 7) is 6.79. The van der Waals surface area contributed by atoms with Crippen LogP contribution >= 0.6 is 0 Å². The van der Waals surface area contributed by atoms with Crippen LogP contribution in [0.25, 0.3) is 0 Å². The van der Waals surface area contributed by atoms with Gasteiger partial charge in [0.2, 0.25) is 0 Å². The fourth-order valence-electron chi connectivity index (χ4n) is 3.77. The van der Waals surface area contributed by atoms with Gasteiger partial charge in [0.05, 0.1) is 16.8 Å². The Kier molecular flexibility index (Phi) is 6.25. The number of carbonyl (C=O) groups excluding carboxylic acids is 2. The summed E-state index contributed by atoms with van der Waals surface area (Å²) in [5.74, 6) is 0.601. The van der Waals surface area contributed by atoms with E-state index in [1.165, 1.54) is 5.56 Å². The lowest BCUT2D eigenvalue weighted by atomic mass is 9.99. The number of hydrogen-bond donors (Lipinski definition) is 0. The number of amides is 1. The van der Waals surface area contributed by atoms with E-state index in [2.05, 4.69) is 11.2 Å². The van der Waals surface area contributed by atoms with E-state index in [0.717, 1.165) is 29.0 Å². The first kappa shape index (κ1) is 21.6. The van der Waals surface area contributed by atoms with Gasteiger partial charge < -0.3 is 18.9 Å². The highest BCUT2D eigenvalue weighted by atomic mass is 16.5. The van der Waals surface area contributed by atoms with Gasteiger partial charge in [-0.15, -0.1) is 0 Å². The van der Waals surface area contributed by atoms with Gasteiger partial charge in [0.15, 0.2) is 6.10 Å². The van der Waals surface area contributed by atoms with E-state index in [9.17, 15) is 9.59 Å². The van der Waals surface area contributed by atoms with E-state index in [0.29, 0.717) is 31.0 Å². The summed E-state index contributed by atoms with van der Waals surface area (Å²) >= 11 is 0. The minimum absolute atomic E-state index is 0.188. The molecule has 2 heterocycles. The predicted molar refractivity (Wildman–Crippen MR) is 117 cm³/mol. The van der Waals surface area contributed by atoms with E-state index >= 15 is 0 Å². The zero-order chi connectivity index (χ0) is 22.7. The standard InChI is InChI=1S/C25H26N2O5/c1-16-23(17(2)32-26-16)15-30-22-10-8-20(9-11-22)25(29)31-18(3)24(28)27-13-12-19-6-4-5-7-21(19)14-27/h4-11,18H,12-15H2,1-3H3. The van der Waals surface area contributed by atoms with Crippen molar-refractivity contribution < 1.29 is 23.6 Å². The second-order valence-electron chi connectivity index (χ2n) is 7.94. The predicted octanol–water partition coefficient (Wildman–Crippen LogP) is 4.00. The maximum absolute atomic E-state index is 12.8. The smallest absolute Gasteiger partial charge is 0.338 e. The Balaban J connectivity index is 1.32. The van der Waals surface area contributed by atoms with Crippen molar-refractivity contribution in [1.29, 1.82) is 0 Å². The molecule has 0 spiro atoms. The first-order valence-electron chi connectivity index (χ1n) is 10.6. The number of hydrogen-bond acceptors (Lipinski definition) is 6. The Hall–Kier alpha value is -3.61. The molecule has 7 nitrogen and oxygen atoms in total. The summed E-state index contributed by atoms with van der Waals surface area (Å²) in [4.78, 5) is 27.1. The molecule has 2 aromatic carbocycles. The van der Waals surface area contributed by atoms with Crippen molar-refractivity contribution >= 4 is 11.9 Å². The Morgan fingerprint density at radius 2 is 1.81 bits per heavy atom. The van der Waals surface area contributed by atoms with Crippen LogP contribution in [0.15, 0.2) is 53.1 Å². The third-order valence-electron chi connectivity index (χ3n) is 5.73. The van der Waals surface area contributed by atoms with Crippen LogP contribution in [0.1, 0.15) is 45.4 Å². The third-order valence-corrected chi connectivity index (χ3v) is 5.73. The summed E-state index contributed by atoms with van der Waals surface area (Å²) in [6, 6.07) is 14.7. The molecule has 1 aromatic heterocycles. The molecule has 0 fully saturated rings. The fraction of sp³-hybridized carbons (Fsp3) is 0.320. The molecule has 1 atom stereocenters. The molecule has 1 amide bonds. The number of fused-ring (bicyclic) bond motifs is 1. The van der Waals surface area contributed by atoms with Crippen LogP contribution in [0, 0.1) is 13.8 Å². The number of ether oxygens (including phenoxy) is 2. The molecule has 0 aliphatic carbocycles. The lowest BCUT2D eigenvalue weighted by molar-refractivity contribution is -0.140.